The van der Waals surface area contributed by atoms with Crippen molar-refractivity contribution in [3.8, 4) is 17.0 Å². The molecule has 0 bridgehead atoms. The molecule has 5 rings (SSSR count). The van der Waals surface area contributed by atoms with Crippen molar-refractivity contribution in [3.05, 3.63) is 72.2 Å². The number of hydrogen-bond acceptors (Lipinski definition) is 7. The highest BCUT2D eigenvalue weighted by atomic mass is 19.4. The van der Waals surface area contributed by atoms with E-state index in [2.05, 4.69) is 32.1 Å². The van der Waals surface area contributed by atoms with Gasteiger partial charge in [0.1, 0.15) is 41.1 Å². The van der Waals surface area contributed by atoms with Gasteiger partial charge in [0.05, 0.1) is 23.8 Å². The van der Waals surface area contributed by atoms with Crippen molar-refractivity contribution < 1.29 is 32.2 Å². The number of aryl methyl sites for hydroxylation is 1. The van der Waals surface area contributed by atoms with Gasteiger partial charge in [-0.2, -0.15) is 33.7 Å². The van der Waals surface area contributed by atoms with Gasteiger partial charge in [0, 0.05) is 24.8 Å². The second-order valence-corrected chi connectivity index (χ2v) is 9.02. The van der Waals surface area contributed by atoms with Crippen molar-refractivity contribution in [2.75, 3.05) is 19.7 Å². The molecule has 1 aliphatic heterocycles. The molecule has 212 valence electrons. The van der Waals surface area contributed by atoms with Crippen LogP contribution in [-0.2, 0) is 11.0 Å². The maximum atomic E-state index is 13.4. The molecule has 0 radical (unpaired) electrons. The highest BCUT2D eigenvalue weighted by molar-refractivity contribution is 5.87. The van der Waals surface area contributed by atoms with Crippen LogP contribution in [-0.4, -0.2) is 65.6 Å². The summed E-state index contributed by atoms with van der Waals surface area (Å²) in [5.74, 6) is -0.668. The lowest BCUT2D eigenvalue weighted by atomic mass is 10.1. The quantitative estimate of drug-likeness (QED) is 0.266. The largest absolute Gasteiger partial charge is 0.488 e. The van der Waals surface area contributed by atoms with Gasteiger partial charge in [0.2, 0.25) is 5.91 Å². The van der Waals surface area contributed by atoms with E-state index in [1.165, 1.54) is 30.8 Å². The topological polar surface area (TPSA) is 122 Å². The van der Waals surface area contributed by atoms with E-state index in [-0.39, 0.29) is 22.9 Å². The standard InChI is InChI=1S/C18H14F4N6O2.C8H13NO/c1-9-16(26-27-25-9)10-4-15(17-12(18(20,21)22)6-24-28(17)7-10)30-8-14(29)13-3-2-11(19)5-23-13;1-2-8(10)9-6-4-3-5-7-9/h2-7,14,29H,8H2,1H3,(H,25,26,27);2H,1,3-7H2. The molecular formula is C26H27F4N7O3. The Morgan fingerprint density at radius 2 is 1.98 bits per heavy atom. The van der Waals surface area contributed by atoms with E-state index < -0.39 is 30.3 Å². The number of hydrogen-bond donors (Lipinski definition) is 2. The Balaban J connectivity index is 0.000000312. The summed E-state index contributed by atoms with van der Waals surface area (Å²) in [6, 6.07) is 3.73. The maximum Gasteiger partial charge on any atom is 0.420 e. The highest BCUT2D eigenvalue weighted by Gasteiger charge is 2.36. The van der Waals surface area contributed by atoms with Gasteiger partial charge in [-0.05, 0) is 50.5 Å². The molecule has 2 N–H and O–H groups in total. The lowest BCUT2D eigenvalue weighted by molar-refractivity contribution is -0.136. The molecule has 1 unspecified atom stereocenters. The predicted molar refractivity (Wildman–Crippen MR) is 136 cm³/mol. The zero-order valence-corrected chi connectivity index (χ0v) is 21.5. The number of H-pyrrole nitrogens is 1. The van der Waals surface area contributed by atoms with Gasteiger partial charge < -0.3 is 14.7 Å². The average Bonchev–Trinajstić information content (AvgIpc) is 3.58. The fourth-order valence-electron chi connectivity index (χ4n) is 4.17. The summed E-state index contributed by atoms with van der Waals surface area (Å²) in [5.41, 5.74) is 0.156. The Morgan fingerprint density at radius 3 is 2.58 bits per heavy atom. The molecule has 4 aromatic rings. The first-order valence-electron chi connectivity index (χ1n) is 12.4. The Hall–Kier alpha value is -4.33. The Kier molecular flexibility index (Phi) is 8.77. The zero-order valence-electron chi connectivity index (χ0n) is 21.5. The first-order valence-corrected chi connectivity index (χ1v) is 12.4. The summed E-state index contributed by atoms with van der Waals surface area (Å²) in [6.07, 6.45) is 2.00. The minimum atomic E-state index is -4.66. The van der Waals surface area contributed by atoms with Gasteiger partial charge >= 0.3 is 6.18 Å². The number of likely N-dealkylation sites (tertiary alicyclic amines) is 1. The number of nitrogens with one attached hydrogen (secondary N) is 1. The van der Waals surface area contributed by atoms with E-state index in [0.717, 1.165) is 42.7 Å². The maximum absolute atomic E-state index is 13.4. The van der Waals surface area contributed by atoms with Crippen LogP contribution < -0.4 is 4.74 Å². The normalized spacial score (nSPS) is 14.4. The summed E-state index contributed by atoms with van der Waals surface area (Å²) >= 11 is 0. The van der Waals surface area contributed by atoms with Gasteiger partial charge in [-0.15, -0.1) is 0 Å². The molecule has 4 aromatic heterocycles. The fourth-order valence-corrected chi connectivity index (χ4v) is 4.17. The molecule has 5 heterocycles. The first-order chi connectivity index (χ1) is 19.1. The SMILES string of the molecule is C=CC(=O)N1CCCCC1.Cc1n[nH]nc1-c1cc(OCC(O)c2ccc(F)cn2)c2c(C(F)(F)F)cnn2c1. The van der Waals surface area contributed by atoms with Crippen molar-refractivity contribution >= 4 is 11.4 Å². The van der Waals surface area contributed by atoms with Gasteiger partial charge in [0.15, 0.2) is 0 Å². The number of carbonyl (C=O) groups excluding carboxylic acids is 1. The lowest BCUT2D eigenvalue weighted by Crippen LogP contribution is -2.34. The minimum absolute atomic E-state index is 0.0831. The third kappa shape index (κ3) is 6.62. The van der Waals surface area contributed by atoms with Crippen molar-refractivity contribution in [1.29, 1.82) is 0 Å². The molecule has 1 fully saturated rings. The number of nitrogens with zero attached hydrogens (tertiary/aromatic N) is 6. The number of halogens is 4. The molecule has 14 heteroatoms. The molecule has 0 aliphatic carbocycles. The van der Waals surface area contributed by atoms with E-state index in [0.29, 0.717) is 23.1 Å². The number of rotatable bonds is 6. The van der Waals surface area contributed by atoms with Crippen LogP contribution in [0.3, 0.4) is 0 Å². The highest BCUT2D eigenvalue weighted by Crippen LogP contribution is 2.38. The summed E-state index contributed by atoms with van der Waals surface area (Å²) in [4.78, 5) is 16.6. The predicted octanol–water partition coefficient (Wildman–Crippen LogP) is 4.28. The van der Waals surface area contributed by atoms with E-state index in [1.807, 2.05) is 4.90 Å². The number of carbonyl (C=O) groups is 1. The second kappa shape index (κ2) is 12.2. The number of aliphatic hydroxyl groups is 1. The van der Waals surface area contributed by atoms with Gasteiger partial charge in [-0.1, -0.05) is 6.58 Å². The Labute approximate surface area is 226 Å². The third-order valence-corrected chi connectivity index (χ3v) is 6.21. The van der Waals surface area contributed by atoms with Gasteiger partial charge in [-0.25, -0.2) is 8.91 Å². The molecule has 1 amide bonds. The summed E-state index contributed by atoms with van der Waals surface area (Å²) in [7, 11) is 0. The zero-order chi connectivity index (χ0) is 28.9. The second-order valence-electron chi connectivity index (χ2n) is 9.02. The fraction of sp³-hybridized carbons (Fsp3) is 0.346. The van der Waals surface area contributed by atoms with Crippen LogP contribution >= 0.6 is 0 Å². The van der Waals surface area contributed by atoms with Gasteiger partial charge in [-0.3, -0.25) is 9.78 Å². The van der Waals surface area contributed by atoms with Crippen LogP contribution in [0.25, 0.3) is 16.8 Å². The molecule has 1 saturated heterocycles. The number of pyridine rings is 2. The molecule has 40 heavy (non-hydrogen) atoms. The van der Waals surface area contributed by atoms with Crippen molar-refractivity contribution in [2.24, 2.45) is 0 Å². The van der Waals surface area contributed by atoms with Crippen LogP contribution in [0.2, 0.25) is 0 Å². The molecule has 1 aliphatic rings. The number of aromatic nitrogens is 6. The van der Waals surface area contributed by atoms with Crippen LogP contribution in [0.4, 0.5) is 17.6 Å². The minimum Gasteiger partial charge on any atom is -0.488 e. The smallest absolute Gasteiger partial charge is 0.420 e. The molecule has 1 atom stereocenters. The lowest BCUT2D eigenvalue weighted by Gasteiger charge is -2.25. The number of aliphatic hydroxyl groups excluding tert-OH is 1. The van der Waals surface area contributed by atoms with Crippen molar-refractivity contribution in [2.45, 2.75) is 38.5 Å². The van der Waals surface area contributed by atoms with E-state index in [1.54, 1.807) is 6.92 Å². The van der Waals surface area contributed by atoms with E-state index in [9.17, 15) is 27.5 Å². The number of fused-ring (bicyclic) bond motifs is 1. The summed E-state index contributed by atoms with van der Waals surface area (Å²) in [5, 5.41) is 24.4. The first kappa shape index (κ1) is 28.7. The Bertz CT molecular complexity index is 1460. The molecule has 10 nitrogen and oxygen atoms in total. The molecule has 0 spiro atoms. The summed E-state index contributed by atoms with van der Waals surface area (Å²) < 4.78 is 59.9. The van der Waals surface area contributed by atoms with E-state index in [4.69, 9.17) is 4.74 Å². The monoisotopic (exact) mass is 561 g/mol. The molecule has 0 saturated carbocycles. The number of ether oxygens (including phenoxy) is 1. The van der Waals surface area contributed by atoms with Crippen LogP contribution in [0.1, 0.15) is 42.3 Å². The molecular weight excluding hydrogens is 534 g/mol. The van der Waals surface area contributed by atoms with E-state index >= 15 is 0 Å². The van der Waals surface area contributed by atoms with Crippen LogP contribution in [0.5, 0.6) is 5.75 Å². The average molecular weight is 562 g/mol. The number of alkyl halides is 3. The Morgan fingerprint density at radius 1 is 1.23 bits per heavy atom. The molecule has 0 aromatic carbocycles. The number of aromatic amines is 1. The van der Waals surface area contributed by atoms with Crippen molar-refractivity contribution in [3.63, 3.8) is 0 Å². The third-order valence-electron chi connectivity index (χ3n) is 6.21. The van der Waals surface area contributed by atoms with Crippen molar-refractivity contribution in [1.82, 2.24) is 34.9 Å². The van der Waals surface area contributed by atoms with Crippen LogP contribution in [0.15, 0.2) is 49.4 Å². The number of piperidine rings is 1. The summed E-state index contributed by atoms with van der Waals surface area (Å²) in [6.45, 7) is 6.55. The number of amides is 1. The van der Waals surface area contributed by atoms with Gasteiger partial charge in [0.25, 0.3) is 0 Å². The van der Waals surface area contributed by atoms with Crippen LogP contribution in [0, 0.1) is 12.7 Å².